The molecule has 1 amide bonds. The van der Waals surface area contributed by atoms with Crippen LogP contribution in [0, 0.1) is 11.8 Å². The molecule has 2 fully saturated rings. The van der Waals surface area contributed by atoms with E-state index in [4.69, 9.17) is 9.72 Å². The molecule has 0 bridgehead atoms. The van der Waals surface area contributed by atoms with Crippen LogP contribution in [0.15, 0.2) is 30.4 Å². The lowest BCUT2D eigenvalue weighted by atomic mass is 9.86. The summed E-state index contributed by atoms with van der Waals surface area (Å²) in [5.41, 5.74) is 2.84. The first kappa shape index (κ1) is 34.4. The molecule has 2 aliphatic rings. The fourth-order valence-corrected chi connectivity index (χ4v) is 7.33. The van der Waals surface area contributed by atoms with Crippen molar-refractivity contribution in [1.82, 2.24) is 20.1 Å². The molecule has 0 radical (unpaired) electrons. The zero-order chi connectivity index (χ0) is 31.6. The van der Waals surface area contributed by atoms with E-state index in [2.05, 4.69) is 60.8 Å². The highest BCUT2D eigenvalue weighted by Crippen LogP contribution is 2.29. The Bertz CT molecular complexity index is 1280. The Balaban J connectivity index is 1.44. The van der Waals surface area contributed by atoms with Gasteiger partial charge in [-0.05, 0) is 62.3 Å². The highest BCUT2D eigenvalue weighted by Gasteiger charge is 2.31. The lowest BCUT2D eigenvalue weighted by Crippen LogP contribution is -2.46. The number of piperazine rings is 1. The largest absolute Gasteiger partial charge is 0.381 e. The van der Waals surface area contributed by atoms with Gasteiger partial charge in [-0.1, -0.05) is 33.4 Å². The molecule has 44 heavy (non-hydrogen) atoms. The molecule has 0 spiro atoms. The Morgan fingerprint density at radius 2 is 1.84 bits per heavy atom. The molecule has 242 valence electrons. The molecule has 1 aromatic carbocycles. The number of carbonyl (C=O) groups excluding carboxylic acids is 3. The summed E-state index contributed by atoms with van der Waals surface area (Å²) in [5, 5.41) is 4.20. The molecule has 8 nitrogen and oxygen atoms in total. The number of nitrogens with one attached hydrogen (secondary N) is 1. The maximum Gasteiger partial charge on any atom is 0.224 e. The van der Waals surface area contributed by atoms with Gasteiger partial charge in [-0.3, -0.25) is 19.3 Å². The zero-order valence-electron chi connectivity index (χ0n) is 27.2. The number of thiazole rings is 1. The normalized spacial score (nSPS) is 18.4. The van der Waals surface area contributed by atoms with Crippen LogP contribution in [0.5, 0.6) is 0 Å². The van der Waals surface area contributed by atoms with Crippen LogP contribution < -0.4 is 5.32 Å². The monoisotopic (exact) mass is 624 g/mol. The average Bonchev–Trinajstić information content (AvgIpc) is 3.42. The van der Waals surface area contributed by atoms with Gasteiger partial charge in [0.15, 0.2) is 5.78 Å². The van der Waals surface area contributed by atoms with E-state index in [1.54, 1.807) is 11.3 Å². The van der Waals surface area contributed by atoms with Crippen LogP contribution in [-0.4, -0.2) is 91.3 Å². The second-order valence-electron chi connectivity index (χ2n) is 13.1. The SMILES string of the molecule is C=C(CN1CCN(C)CC1)C(=O)CC[C@@H](NC(=O)[C@@H](CC(=O)CCC)Cc1nc2ccc(C(C)C)cc2s1)C1CCOCC1. The van der Waals surface area contributed by atoms with Crippen molar-refractivity contribution in [2.45, 2.75) is 84.1 Å². The van der Waals surface area contributed by atoms with Crippen LogP contribution in [0.25, 0.3) is 10.2 Å². The number of benzene rings is 1. The average molecular weight is 625 g/mol. The summed E-state index contributed by atoms with van der Waals surface area (Å²) in [7, 11) is 2.12. The summed E-state index contributed by atoms with van der Waals surface area (Å²) < 4.78 is 6.73. The number of ketones is 2. The van der Waals surface area contributed by atoms with Crippen LogP contribution in [0.2, 0.25) is 0 Å². The number of carbonyl (C=O) groups is 3. The van der Waals surface area contributed by atoms with Crippen molar-refractivity contribution in [2.24, 2.45) is 11.8 Å². The Labute approximate surface area is 267 Å². The molecule has 2 atom stereocenters. The van der Waals surface area contributed by atoms with E-state index in [1.807, 2.05) is 6.92 Å². The molecule has 9 heteroatoms. The van der Waals surface area contributed by atoms with Gasteiger partial charge >= 0.3 is 0 Å². The molecule has 3 heterocycles. The number of rotatable bonds is 16. The Morgan fingerprint density at radius 1 is 1.11 bits per heavy atom. The number of aromatic nitrogens is 1. The molecular formula is C35H52N4O4S. The first-order valence-corrected chi connectivity index (χ1v) is 17.4. The molecule has 0 saturated carbocycles. The summed E-state index contributed by atoms with van der Waals surface area (Å²) in [6.07, 6.45) is 4.46. The molecule has 2 saturated heterocycles. The summed E-state index contributed by atoms with van der Waals surface area (Å²) >= 11 is 1.61. The van der Waals surface area contributed by atoms with Gasteiger partial charge in [0.1, 0.15) is 5.78 Å². The van der Waals surface area contributed by atoms with Gasteiger partial charge in [0.05, 0.1) is 21.1 Å². The molecule has 1 N–H and O–H groups in total. The van der Waals surface area contributed by atoms with E-state index < -0.39 is 5.92 Å². The van der Waals surface area contributed by atoms with E-state index in [1.165, 1.54) is 5.56 Å². The zero-order valence-corrected chi connectivity index (χ0v) is 28.1. The number of nitrogens with zero attached hydrogens (tertiary/aromatic N) is 3. The van der Waals surface area contributed by atoms with Crippen molar-refractivity contribution in [1.29, 1.82) is 0 Å². The summed E-state index contributed by atoms with van der Waals surface area (Å²) in [5.74, 6) is 0.221. The lowest BCUT2D eigenvalue weighted by molar-refractivity contribution is -0.130. The minimum Gasteiger partial charge on any atom is -0.381 e. The van der Waals surface area contributed by atoms with E-state index >= 15 is 0 Å². The van der Waals surface area contributed by atoms with Crippen molar-refractivity contribution in [2.75, 3.05) is 53.0 Å². The van der Waals surface area contributed by atoms with Gasteiger partial charge in [0.2, 0.25) is 5.91 Å². The van der Waals surface area contributed by atoms with Gasteiger partial charge in [0, 0.05) is 83.2 Å². The number of amides is 1. The fourth-order valence-electron chi connectivity index (χ4n) is 6.23. The predicted molar refractivity (Wildman–Crippen MR) is 178 cm³/mol. The third-order valence-corrected chi connectivity index (χ3v) is 10.2. The molecule has 2 aromatic rings. The van der Waals surface area contributed by atoms with Crippen LogP contribution in [0.3, 0.4) is 0 Å². The van der Waals surface area contributed by atoms with Crippen molar-refractivity contribution in [3.8, 4) is 0 Å². The van der Waals surface area contributed by atoms with Gasteiger partial charge < -0.3 is 15.0 Å². The van der Waals surface area contributed by atoms with Gasteiger partial charge in [-0.15, -0.1) is 11.3 Å². The van der Waals surface area contributed by atoms with Crippen LogP contribution >= 0.6 is 11.3 Å². The van der Waals surface area contributed by atoms with E-state index in [0.717, 1.165) is 60.7 Å². The fraction of sp³-hybridized carbons (Fsp3) is 0.657. The maximum absolute atomic E-state index is 13.9. The molecule has 2 aliphatic heterocycles. The minimum absolute atomic E-state index is 0.0696. The third kappa shape index (κ3) is 10.0. The first-order chi connectivity index (χ1) is 21.1. The quantitative estimate of drug-likeness (QED) is 0.250. The highest BCUT2D eigenvalue weighted by molar-refractivity contribution is 7.18. The second kappa shape index (κ2) is 16.7. The molecule has 4 rings (SSSR count). The summed E-state index contributed by atoms with van der Waals surface area (Å²) in [6.45, 7) is 16.2. The number of hydrogen-bond acceptors (Lipinski definition) is 8. The van der Waals surface area contributed by atoms with Crippen LogP contribution in [0.1, 0.15) is 82.2 Å². The van der Waals surface area contributed by atoms with Crippen molar-refractivity contribution >= 4 is 39.0 Å². The smallest absolute Gasteiger partial charge is 0.224 e. The number of likely N-dealkylation sites (N-methyl/N-ethyl adjacent to an activating group) is 1. The molecule has 0 unspecified atom stereocenters. The number of ether oxygens (including phenoxy) is 1. The molecule has 0 aliphatic carbocycles. The van der Waals surface area contributed by atoms with E-state index in [0.29, 0.717) is 56.9 Å². The predicted octanol–water partition coefficient (Wildman–Crippen LogP) is 5.40. The minimum atomic E-state index is -0.496. The maximum atomic E-state index is 13.9. The highest BCUT2D eigenvalue weighted by atomic mass is 32.1. The van der Waals surface area contributed by atoms with E-state index in [9.17, 15) is 14.4 Å². The van der Waals surface area contributed by atoms with E-state index in [-0.39, 0.29) is 35.9 Å². The molecular weight excluding hydrogens is 572 g/mol. The van der Waals surface area contributed by atoms with Crippen molar-refractivity contribution in [3.05, 3.63) is 40.9 Å². The van der Waals surface area contributed by atoms with Crippen LogP contribution in [-0.2, 0) is 25.5 Å². The standard InChI is InChI=1S/C35H52N4O4S/c1-6-7-29(40)20-28(22-34-36-31-9-8-27(24(2)3)21-33(31)44-34)35(42)37-30(26-12-18-43-19-13-26)10-11-32(41)25(4)23-39-16-14-38(5)15-17-39/h8-9,21,24,26,28,30H,4,6-7,10-20,22-23H2,1-3,5H3,(H,37,42)/t28-,30+/m0/s1. The number of hydrogen-bond donors (Lipinski definition) is 1. The Morgan fingerprint density at radius 3 is 2.52 bits per heavy atom. The first-order valence-electron chi connectivity index (χ1n) is 16.5. The summed E-state index contributed by atoms with van der Waals surface area (Å²) in [6, 6.07) is 6.20. The van der Waals surface area contributed by atoms with Crippen LogP contribution in [0.4, 0.5) is 0 Å². The Hall–Kier alpha value is -2.46. The number of fused-ring (bicyclic) bond motifs is 1. The molecule has 1 aromatic heterocycles. The van der Waals surface area contributed by atoms with Crippen molar-refractivity contribution in [3.63, 3.8) is 0 Å². The topological polar surface area (TPSA) is 91.8 Å². The Kier molecular flexibility index (Phi) is 13.1. The lowest BCUT2D eigenvalue weighted by Gasteiger charge is -2.33. The van der Waals surface area contributed by atoms with Gasteiger partial charge in [-0.2, -0.15) is 0 Å². The third-order valence-electron chi connectivity index (χ3n) is 9.17. The second-order valence-corrected chi connectivity index (χ2v) is 14.2. The number of Topliss-reactive ketones (excluding diaryl/α,β-unsaturated/α-hetero) is 2. The van der Waals surface area contributed by atoms with Gasteiger partial charge in [0.25, 0.3) is 0 Å². The summed E-state index contributed by atoms with van der Waals surface area (Å²) in [4.78, 5) is 49.4. The van der Waals surface area contributed by atoms with Gasteiger partial charge in [-0.25, -0.2) is 4.98 Å². The van der Waals surface area contributed by atoms with Crippen molar-refractivity contribution < 1.29 is 19.1 Å².